The normalized spacial score (nSPS) is 23.6. The van der Waals surface area contributed by atoms with E-state index in [1.807, 2.05) is 48.5 Å². The number of nitrogens with one attached hydrogen (secondary N) is 2. The predicted molar refractivity (Wildman–Crippen MR) is 188 cm³/mol. The molecule has 266 valence electrons. The number of hydrogen-bond acceptors (Lipinski definition) is 8. The molecule has 2 heterocycles. The molecular weight excluding hydrogens is 640 g/mol. The molecule has 1 aliphatic carbocycles. The average molecular weight is 687 g/mol. The maximum absolute atomic E-state index is 14.4. The van der Waals surface area contributed by atoms with Gasteiger partial charge in [0.25, 0.3) is 0 Å². The van der Waals surface area contributed by atoms with Crippen molar-refractivity contribution in [1.82, 2.24) is 20.5 Å². The van der Waals surface area contributed by atoms with E-state index in [4.69, 9.17) is 19.2 Å². The molecule has 3 unspecified atom stereocenters. The fourth-order valence-corrected chi connectivity index (χ4v) is 6.46. The molecule has 12 heteroatoms. The summed E-state index contributed by atoms with van der Waals surface area (Å²) in [6.45, 7) is 14.0. The second kappa shape index (κ2) is 13.6. The number of likely N-dealkylation sites (tertiary alicyclic amines) is 1. The van der Waals surface area contributed by atoms with Gasteiger partial charge in [0.15, 0.2) is 0 Å². The summed E-state index contributed by atoms with van der Waals surface area (Å²) >= 11 is 0. The van der Waals surface area contributed by atoms with Crippen molar-refractivity contribution < 1.29 is 38.5 Å². The molecule has 3 amide bonds. The molecule has 50 heavy (non-hydrogen) atoms. The molecule has 1 aliphatic heterocycles. The Kier molecular flexibility index (Phi) is 9.87. The van der Waals surface area contributed by atoms with Crippen LogP contribution in [0, 0.1) is 11.8 Å². The summed E-state index contributed by atoms with van der Waals surface area (Å²) in [4.78, 5) is 60.1. The Morgan fingerprint density at radius 2 is 1.78 bits per heavy atom. The number of carbonyl (C=O) groups excluding carboxylic acids is 3. The molecule has 0 bridgehead atoms. The molecule has 12 nitrogen and oxygen atoms in total. The van der Waals surface area contributed by atoms with Crippen LogP contribution in [-0.4, -0.2) is 81.3 Å². The van der Waals surface area contributed by atoms with Crippen LogP contribution < -0.4 is 20.1 Å². The van der Waals surface area contributed by atoms with E-state index in [9.17, 15) is 24.3 Å². The van der Waals surface area contributed by atoms with E-state index in [1.165, 1.54) is 11.0 Å². The number of aromatic nitrogens is 1. The molecule has 2 fully saturated rings. The highest BCUT2D eigenvalue weighted by Crippen LogP contribution is 2.46. The molecule has 1 saturated carbocycles. The lowest BCUT2D eigenvalue weighted by molar-refractivity contribution is -0.149. The van der Waals surface area contributed by atoms with E-state index in [0.29, 0.717) is 28.1 Å². The van der Waals surface area contributed by atoms with Gasteiger partial charge in [0.1, 0.15) is 40.3 Å². The van der Waals surface area contributed by atoms with Crippen molar-refractivity contribution in [3.8, 4) is 22.8 Å². The van der Waals surface area contributed by atoms with Crippen molar-refractivity contribution in [3.05, 3.63) is 67.3 Å². The first-order valence-corrected chi connectivity index (χ1v) is 16.7. The smallest absolute Gasteiger partial charge is 0.408 e. The van der Waals surface area contributed by atoms with Crippen molar-refractivity contribution >= 4 is 34.8 Å². The van der Waals surface area contributed by atoms with Crippen LogP contribution in [-0.2, 0) is 19.1 Å². The van der Waals surface area contributed by atoms with Gasteiger partial charge in [0, 0.05) is 35.4 Å². The zero-order chi connectivity index (χ0) is 36.6. The Labute approximate surface area is 292 Å². The van der Waals surface area contributed by atoms with Gasteiger partial charge in [-0.15, -0.1) is 6.58 Å². The van der Waals surface area contributed by atoms with Gasteiger partial charge < -0.3 is 34.9 Å². The lowest BCUT2D eigenvalue weighted by Gasteiger charge is -2.37. The number of amides is 3. The fraction of sp³-hybridized carbons (Fsp3) is 0.447. The van der Waals surface area contributed by atoms with Crippen molar-refractivity contribution in [2.24, 2.45) is 11.8 Å². The number of benzene rings is 2. The van der Waals surface area contributed by atoms with Gasteiger partial charge in [0.05, 0.1) is 24.9 Å². The van der Waals surface area contributed by atoms with Crippen LogP contribution in [0.15, 0.2) is 67.3 Å². The molecule has 1 saturated heterocycles. The Balaban J connectivity index is 1.53. The van der Waals surface area contributed by atoms with Crippen molar-refractivity contribution in [1.29, 1.82) is 0 Å². The minimum atomic E-state index is -1.55. The number of hydrogen-bond donors (Lipinski definition) is 3. The number of carboxylic acid groups (broad SMARTS) is 1. The van der Waals surface area contributed by atoms with Crippen LogP contribution in [0.4, 0.5) is 4.79 Å². The SMILES string of the molecule is C=CC1CC1(NC(=O)C1(C)C[C@@H](Oc2cc(-c3ccccc3)nc3cc(OC)ccc23)CN1C(=O)[C@@H](NC(=O)OC(C)(C)C)C(C)C)C(=O)O. The fourth-order valence-electron chi connectivity index (χ4n) is 6.46. The van der Waals surface area contributed by atoms with Gasteiger partial charge in [-0.3, -0.25) is 9.59 Å². The highest BCUT2D eigenvalue weighted by Gasteiger charge is 2.63. The number of alkyl carbamates (subject to hydrolysis) is 1. The number of nitrogens with zero attached hydrogens (tertiary/aromatic N) is 2. The van der Waals surface area contributed by atoms with Gasteiger partial charge in [-0.25, -0.2) is 14.6 Å². The summed E-state index contributed by atoms with van der Waals surface area (Å²) < 4.78 is 17.6. The van der Waals surface area contributed by atoms with Gasteiger partial charge in [-0.1, -0.05) is 50.3 Å². The quantitative estimate of drug-likeness (QED) is 0.227. The van der Waals surface area contributed by atoms with Crippen LogP contribution in [0.5, 0.6) is 11.5 Å². The summed E-state index contributed by atoms with van der Waals surface area (Å²) in [5.74, 6) is -2.08. The molecule has 2 aromatic carbocycles. The Hall–Kier alpha value is -5.13. The van der Waals surface area contributed by atoms with Crippen LogP contribution in [0.3, 0.4) is 0 Å². The number of methoxy groups -OCH3 is 1. The number of ether oxygens (including phenoxy) is 3. The summed E-state index contributed by atoms with van der Waals surface area (Å²) in [5.41, 5.74) is -1.73. The number of fused-ring (bicyclic) bond motifs is 1. The monoisotopic (exact) mass is 686 g/mol. The largest absolute Gasteiger partial charge is 0.497 e. The molecule has 0 spiro atoms. The third-order valence-corrected chi connectivity index (χ3v) is 9.33. The molecule has 2 aliphatic rings. The maximum Gasteiger partial charge on any atom is 0.408 e. The zero-order valence-electron chi connectivity index (χ0n) is 29.6. The van der Waals surface area contributed by atoms with Crippen LogP contribution in [0.25, 0.3) is 22.2 Å². The number of carbonyl (C=O) groups is 4. The Morgan fingerprint density at radius 1 is 1.08 bits per heavy atom. The summed E-state index contributed by atoms with van der Waals surface area (Å²) in [6.07, 6.45) is 0.261. The van der Waals surface area contributed by atoms with E-state index in [-0.39, 0.29) is 25.3 Å². The maximum atomic E-state index is 14.4. The standard InChI is InChI=1S/C38H46N4O8/c1-9-24-19-38(24,34(45)46)41-33(44)37(7)20-26(21-42(37)32(43)31(22(2)3)40-35(47)50-36(4,5)6)49-30-18-28(23-13-11-10-12-14-23)39-29-17-25(48-8)15-16-27(29)30/h9-18,22,24,26,31H,1,19-21H2,2-8H3,(H,40,47)(H,41,44)(H,45,46)/t24?,26-,31+,37?,38?/m1/s1. The molecule has 1 aromatic heterocycles. The lowest BCUT2D eigenvalue weighted by atomic mass is 9.93. The van der Waals surface area contributed by atoms with E-state index in [1.54, 1.807) is 54.7 Å². The Morgan fingerprint density at radius 3 is 2.36 bits per heavy atom. The molecule has 3 N–H and O–H groups in total. The Bertz CT molecular complexity index is 1810. The highest BCUT2D eigenvalue weighted by molar-refractivity contribution is 5.98. The molecule has 3 aromatic rings. The second-order valence-corrected chi connectivity index (χ2v) is 14.6. The van der Waals surface area contributed by atoms with E-state index >= 15 is 0 Å². The third kappa shape index (κ3) is 7.24. The summed E-state index contributed by atoms with van der Waals surface area (Å²) in [5, 5.41) is 16.2. The van der Waals surface area contributed by atoms with Crippen molar-refractivity contribution in [2.75, 3.05) is 13.7 Å². The highest BCUT2D eigenvalue weighted by atomic mass is 16.6. The topological polar surface area (TPSA) is 156 Å². The average Bonchev–Trinajstić information content (AvgIpc) is 3.68. The predicted octanol–water partition coefficient (Wildman–Crippen LogP) is 5.34. The number of rotatable bonds is 11. The summed E-state index contributed by atoms with van der Waals surface area (Å²) in [6, 6.07) is 15.8. The van der Waals surface area contributed by atoms with E-state index in [2.05, 4.69) is 17.2 Å². The van der Waals surface area contributed by atoms with Gasteiger partial charge in [0.2, 0.25) is 11.8 Å². The first-order chi connectivity index (χ1) is 23.5. The summed E-state index contributed by atoms with van der Waals surface area (Å²) in [7, 11) is 1.57. The number of pyridine rings is 1. The molecule has 5 rings (SSSR count). The second-order valence-electron chi connectivity index (χ2n) is 14.6. The first kappa shape index (κ1) is 36.2. The molecule has 5 atom stereocenters. The number of aliphatic carboxylic acids is 1. The van der Waals surface area contributed by atoms with Crippen LogP contribution in [0.2, 0.25) is 0 Å². The molecule has 0 radical (unpaired) electrons. The van der Waals surface area contributed by atoms with Crippen molar-refractivity contribution in [3.63, 3.8) is 0 Å². The van der Waals surface area contributed by atoms with Crippen LogP contribution >= 0.6 is 0 Å². The van der Waals surface area contributed by atoms with E-state index in [0.717, 1.165) is 5.56 Å². The first-order valence-electron chi connectivity index (χ1n) is 16.7. The van der Waals surface area contributed by atoms with Gasteiger partial charge in [-0.2, -0.15) is 0 Å². The minimum absolute atomic E-state index is 0.0203. The third-order valence-electron chi connectivity index (χ3n) is 9.33. The van der Waals surface area contributed by atoms with Crippen molar-refractivity contribution in [2.45, 2.75) is 83.2 Å². The van der Waals surface area contributed by atoms with Crippen LogP contribution in [0.1, 0.15) is 54.4 Å². The number of carboxylic acids is 1. The zero-order valence-corrected chi connectivity index (χ0v) is 29.6. The van der Waals surface area contributed by atoms with Gasteiger partial charge >= 0.3 is 12.1 Å². The minimum Gasteiger partial charge on any atom is -0.497 e. The van der Waals surface area contributed by atoms with E-state index < -0.39 is 58.6 Å². The van der Waals surface area contributed by atoms with Gasteiger partial charge in [-0.05, 0) is 52.2 Å². The lowest BCUT2D eigenvalue weighted by Crippen LogP contribution is -2.63. The molecular formula is C38H46N4O8.